The number of alkyl halides is 1. The van der Waals surface area contributed by atoms with Gasteiger partial charge in [-0.05, 0) is 50.1 Å². The molecular formula is C16H24ClN. The van der Waals surface area contributed by atoms with E-state index in [0.717, 1.165) is 24.8 Å². The van der Waals surface area contributed by atoms with Gasteiger partial charge in [-0.3, -0.25) is 0 Å². The van der Waals surface area contributed by atoms with Crippen LogP contribution in [0.4, 0.5) is 0 Å². The molecule has 0 aliphatic heterocycles. The minimum atomic E-state index is 0.197. The minimum absolute atomic E-state index is 0.197. The predicted octanol–water partition coefficient (Wildman–Crippen LogP) is 4.01. The van der Waals surface area contributed by atoms with Gasteiger partial charge in [0.25, 0.3) is 0 Å². The first-order valence-electron chi connectivity index (χ1n) is 7.09. The summed E-state index contributed by atoms with van der Waals surface area (Å²) in [5.74, 6) is 1.62. The standard InChI is InChI=1S/C16H24ClN/c1-14-7-10-16(13-17,11-8-14)18-12-9-15-5-3-2-4-6-15/h2-6,14,18H,7-13H2,1H3. The molecule has 0 aromatic heterocycles. The van der Waals surface area contributed by atoms with Crippen LogP contribution in [-0.4, -0.2) is 18.0 Å². The molecule has 18 heavy (non-hydrogen) atoms. The third kappa shape index (κ3) is 3.73. The van der Waals surface area contributed by atoms with Gasteiger partial charge in [0.05, 0.1) is 0 Å². The first-order chi connectivity index (χ1) is 8.74. The fourth-order valence-corrected chi connectivity index (χ4v) is 3.15. The van der Waals surface area contributed by atoms with E-state index >= 15 is 0 Å². The molecule has 1 fully saturated rings. The van der Waals surface area contributed by atoms with Crippen molar-refractivity contribution >= 4 is 11.6 Å². The van der Waals surface area contributed by atoms with Gasteiger partial charge in [0.1, 0.15) is 0 Å². The van der Waals surface area contributed by atoms with Crippen LogP contribution in [0.1, 0.15) is 38.2 Å². The van der Waals surface area contributed by atoms with Crippen molar-refractivity contribution in [1.82, 2.24) is 5.32 Å². The van der Waals surface area contributed by atoms with E-state index in [4.69, 9.17) is 11.6 Å². The molecule has 1 saturated carbocycles. The summed E-state index contributed by atoms with van der Waals surface area (Å²) in [6.45, 7) is 3.38. The van der Waals surface area contributed by atoms with Gasteiger partial charge in [0.2, 0.25) is 0 Å². The van der Waals surface area contributed by atoms with E-state index < -0.39 is 0 Å². The van der Waals surface area contributed by atoms with E-state index in [-0.39, 0.29) is 5.54 Å². The molecule has 1 nitrogen and oxygen atoms in total. The lowest BCUT2D eigenvalue weighted by Gasteiger charge is -2.39. The zero-order valence-electron chi connectivity index (χ0n) is 11.3. The van der Waals surface area contributed by atoms with Crippen molar-refractivity contribution in [3.05, 3.63) is 35.9 Å². The summed E-state index contributed by atoms with van der Waals surface area (Å²) in [5.41, 5.74) is 1.60. The van der Waals surface area contributed by atoms with Gasteiger partial charge in [-0.2, -0.15) is 0 Å². The van der Waals surface area contributed by atoms with Crippen molar-refractivity contribution in [2.24, 2.45) is 5.92 Å². The number of benzene rings is 1. The molecule has 1 N–H and O–H groups in total. The molecule has 1 aromatic carbocycles. The van der Waals surface area contributed by atoms with Gasteiger partial charge in [-0.1, -0.05) is 37.3 Å². The molecule has 0 radical (unpaired) electrons. The first-order valence-corrected chi connectivity index (χ1v) is 7.62. The summed E-state index contributed by atoms with van der Waals surface area (Å²) in [5, 5.41) is 3.72. The highest BCUT2D eigenvalue weighted by Crippen LogP contribution is 2.32. The molecule has 1 aliphatic carbocycles. The van der Waals surface area contributed by atoms with Gasteiger partial charge < -0.3 is 5.32 Å². The Morgan fingerprint density at radius 2 is 1.89 bits per heavy atom. The van der Waals surface area contributed by atoms with Crippen LogP contribution in [-0.2, 0) is 6.42 Å². The maximum Gasteiger partial charge on any atom is 0.0406 e. The Balaban J connectivity index is 1.81. The molecule has 1 aromatic rings. The number of hydrogen-bond acceptors (Lipinski definition) is 1. The largest absolute Gasteiger partial charge is 0.310 e. The van der Waals surface area contributed by atoms with Crippen LogP contribution in [0.15, 0.2) is 30.3 Å². The maximum absolute atomic E-state index is 6.20. The predicted molar refractivity (Wildman–Crippen MR) is 79.2 cm³/mol. The van der Waals surface area contributed by atoms with Crippen LogP contribution in [0.3, 0.4) is 0 Å². The molecule has 2 rings (SSSR count). The van der Waals surface area contributed by atoms with Crippen LogP contribution < -0.4 is 5.32 Å². The van der Waals surface area contributed by atoms with E-state index in [1.54, 1.807) is 0 Å². The summed E-state index contributed by atoms with van der Waals surface area (Å²) in [6.07, 6.45) is 6.17. The van der Waals surface area contributed by atoms with E-state index in [9.17, 15) is 0 Å². The molecule has 0 saturated heterocycles. The summed E-state index contributed by atoms with van der Waals surface area (Å²) >= 11 is 6.20. The Morgan fingerprint density at radius 1 is 1.22 bits per heavy atom. The van der Waals surface area contributed by atoms with E-state index in [0.29, 0.717) is 0 Å². The molecule has 100 valence electrons. The molecule has 2 heteroatoms. The van der Waals surface area contributed by atoms with Crippen molar-refractivity contribution in [1.29, 1.82) is 0 Å². The van der Waals surface area contributed by atoms with Gasteiger partial charge in [0, 0.05) is 11.4 Å². The maximum atomic E-state index is 6.20. The topological polar surface area (TPSA) is 12.0 Å². The molecule has 0 atom stereocenters. The lowest BCUT2D eigenvalue weighted by Crippen LogP contribution is -2.50. The molecule has 1 aliphatic rings. The molecule has 0 amide bonds. The Bertz CT molecular complexity index is 341. The second-order valence-electron chi connectivity index (χ2n) is 5.76. The first kappa shape index (κ1) is 13.9. The van der Waals surface area contributed by atoms with Crippen molar-refractivity contribution in [3.63, 3.8) is 0 Å². The molecule has 0 bridgehead atoms. The lowest BCUT2D eigenvalue weighted by molar-refractivity contribution is 0.219. The van der Waals surface area contributed by atoms with E-state index in [1.807, 2.05) is 0 Å². The SMILES string of the molecule is CC1CCC(CCl)(NCCc2ccccc2)CC1. The highest BCUT2D eigenvalue weighted by atomic mass is 35.5. The van der Waals surface area contributed by atoms with Crippen LogP contribution >= 0.6 is 11.6 Å². The van der Waals surface area contributed by atoms with Gasteiger partial charge in [-0.25, -0.2) is 0 Å². The Labute approximate surface area is 116 Å². The zero-order chi connectivity index (χ0) is 12.8. The van der Waals surface area contributed by atoms with Crippen LogP contribution in [0.5, 0.6) is 0 Å². The highest BCUT2D eigenvalue weighted by molar-refractivity contribution is 6.18. The lowest BCUT2D eigenvalue weighted by atomic mass is 9.78. The second-order valence-corrected chi connectivity index (χ2v) is 6.03. The third-order valence-corrected chi connectivity index (χ3v) is 4.76. The van der Waals surface area contributed by atoms with Gasteiger partial charge >= 0.3 is 0 Å². The summed E-state index contributed by atoms with van der Waals surface area (Å²) < 4.78 is 0. The quantitative estimate of drug-likeness (QED) is 0.794. The van der Waals surface area contributed by atoms with Crippen LogP contribution in [0.25, 0.3) is 0 Å². The van der Waals surface area contributed by atoms with Crippen LogP contribution in [0, 0.1) is 5.92 Å². The Morgan fingerprint density at radius 3 is 2.50 bits per heavy atom. The third-order valence-electron chi connectivity index (χ3n) is 4.24. The fraction of sp³-hybridized carbons (Fsp3) is 0.625. The molecule has 0 unspecified atom stereocenters. The monoisotopic (exact) mass is 265 g/mol. The molecular weight excluding hydrogens is 242 g/mol. The Kier molecular flexibility index (Phi) is 5.08. The van der Waals surface area contributed by atoms with Gasteiger partial charge in [-0.15, -0.1) is 11.6 Å². The normalized spacial score (nSPS) is 28.2. The average Bonchev–Trinajstić information content (AvgIpc) is 2.43. The summed E-state index contributed by atoms with van der Waals surface area (Å²) in [6, 6.07) is 10.7. The molecule has 0 heterocycles. The second kappa shape index (κ2) is 6.58. The number of rotatable bonds is 5. The minimum Gasteiger partial charge on any atom is -0.310 e. The zero-order valence-corrected chi connectivity index (χ0v) is 12.0. The van der Waals surface area contributed by atoms with Crippen LogP contribution in [0.2, 0.25) is 0 Å². The number of nitrogens with one attached hydrogen (secondary N) is 1. The van der Waals surface area contributed by atoms with Crippen molar-refractivity contribution in [2.45, 2.75) is 44.6 Å². The van der Waals surface area contributed by atoms with Crippen molar-refractivity contribution in [2.75, 3.05) is 12.4 Å². The van der Waals surface area contributed by atoms with E-state index in [1.165, 1.54) is 31.2 Å². The highest BCUT2D eigenvalue weighted by Gasteiger charge is 2.32. The Hall–Kier alpha value is -0.530. The van der Waals surface area contributed by atoms with Gasteiger partial charge in [0.15, 0.2) is 0 Å². The average molecular weight is 266 g/mol. The smallest absolute Gasteiger partial charge is 0.0406 e. The summed E-state index contributed by atoms with van der Waals surface area (Å²) in [4.78, 5) is 0. The summed E-state index contributed by atoms with van der Waals surface area (Å²) in [7, 11) is 0. The van der Waals surface area contributed by atoms with Crippen molar-refractivity contribution < 1.29 is 0 Å². The number of halogens is 1. The van der Waals surface area contributed by atoms with E-state index in [2.05, 4.69) is 42.6 Å². The van der Waals surface area contributed by atoms with Crippen molar-refractivity contribution in [3.8, 4) is 0 Å². The number of hydrogen-bond donors (Lipinski definition) is 1. The fourth-order valence-electron chi connectivity index (χ4n) is 2.79. The molecule has 0 spiro atoms.